The summed E-state index contributed by atoms with van der Waals surface area (Å²) in [6.07, 6.45) is 1.58. The topological polar surface area (TPSA) is 12.0 Å². The number of hydrogen-bond acceptors (Lipinski definition) is 2. The summed E-state index contributed by atoms with van der Waals surface area (Å²) in [4.78, 5) is 1.21. The first-order valence-electron chi connectivity index (χ1n) is 8.62. The smallest absolute Gasteiger partial charge is 0.312 e. The number of hydrogen-bond donors (Lipinski definition) is 1. The molecule has 0 saturated heterocycles. The number of thiophene rings is 1. The van der Waals surface area contributed by atoms with Gasteiger partial charge < -0.3 is 5.32 Å². The van der Waals surface area contributed by atoms with Gasteiger partial charge in [0.2, 0.25) is 0 Å². The molecule has 140 valence electrons. The maximum atomic E-state index is 12.7. The highest BCUT2D eigenvalue weighted by Gasteiger charge is 2.30. The Morgan fingerprint density at radius 1 is 1.23 bits per heavy atom. The van der Waals surface area contributed by atoms with Crippen molar-refractivity contribution < 1.29 is 13.2 Å². The zero-order chi connectivity index (χ0) is 19.2. The average Bonchev–Trinajstić information content (AvgIpc) is 2.97. The number of rotatable bonds is 8. The van der Waals surface area contributed by atoms with E-state index in [9.17, 15) is 13.2 Å². The highest BCUT2D eigenvalue weighted by molar-refractivity contribution is 7.10. The maximum absolute atomic E-state index is 12.7. The normalized spacial score (nSPS) is 12.4. The maximum Gasteiger partial charge on any atom is 0.416 e. The lowest BCUT2D eigenvalue weighted by Crippen LogP contribution is -2.15. The van der Waals surface area contributed by atoms with Crippen LogP contribution in [-0.4, -0.2) is 6.54 Å². The van der Waals surface area contributed by atoms with Gasteiger partial charge in [0.1, 0.15) is 0 Å². The molecule has 0 unspecified atom stereocenters. The van der Waals surface area contributed by atoms with Crippen molar-refractivity contribution in [2.24, 2.45) is 0 Å². The molecule has 0 amide bonds. The van der Waals surface area contributed by atoms with Crippen molar-refractivity contribution in [2.75, 3.05) is 6.54 Å². The van der Waals surface area contributed by atoms with E-state index in [-0.39, 0.29) is 0 Å². The monoisotopic (exact) mass is 379 g/mol. The summed E-state index contributed by atoms with van der Waals surface area (Å²) in [5.74, 6) is 0. The van der Waals surface area contributed by atoms with Gasteiger partial charge in [0.05, 0.1) is 5.56 Å². The van der Waals surface area contributed by atoms with Crippen molar-refractivity contribution in [3.8, 4) is 11.1 Å². The number of nitrogens with one attached hydrogen (secondary N) is 1. The summed E-state index contributed by atoms with van der Waals surface area (Å²) in [7, 11) is 0. The van der Waals surface area contributed by atoms with E-state index < -0.39 is 11.7 Å². The predicted molar refractivity (Wildman–Crippen MR) is 104 cm³/mol. The summed E-state index contributed by atoms with van der Waals surface area (Å²) in [5.41, 5.74) is 3.69. The minimum atomic E-state index is -4.30. The Bertz CT molecular complexity index is 755. The fourth-order valence-electron chi connectivity index (χ4n) is 2.75. The van der Waals surface area contributed by atoms with Crippen molar-refractivity contribution in [1.82, 2.24) is 5.32 Å². The first-order valence-corrected chi connectivity index (χ1v) is 9.50. The van der Waals surface area contributed by atoms with E-state index in [1.54, 1.807) is 23.5 Å². The number of allylic oxidation sites excluding steroid dienone is 2. The van der Waals surface area contributed by atoms with Crippen LogP contribution in [0.25, 0.3) is 11.1 Å². The molecular weight excluding hydrogens is 355 g/mol. The molecule has 0 spiro atoms. The standard InChI is InChI=1S/C21H24F3NS/c1-4-6-16(5-2)11-12-25-13-20-15(3)19(14-26-20)17-7-9-18(10-8-17)21(22,23)24/h4,6-10,14,25H,1,5,11-13H2,2-3H3/b16-6+. The molecule has 0 radical (unpaired) electrons. The molecule has 0 saturated carbocycles. The molecule has 0 aliphatic heterocycles. The van der Waals surface area contributed by atoms with Crippen LogP contribution in [0.15, 0.2) is 53.9 Å². The van der Waals surface area contributed by atoms with Gasteiger partial charge in [-0.25, -0.2) is 0 Å². The van der Waals surface area contributed by atoms with E-state index in [0.717, 1.165) is 54.8 Å². The average molecular weight is 379 g/mol. The van der Waals surface area contributed by atoms with Gasteiger partial charge in [-0.05, 0) is 60.5 Å². The fourth-order valence-corrected chi connectivity index (χ4v) is 3.80. The van der Waals surface area contributed by atoms with Crippen LogP contribution < -0.4 is 5.32 Å². The van der Waals surface area contributed by atoms with Crippen LogP contribution in [0.2, 0.25) is 0 Å². The van der Waals surface area contributed by atoms with Crippen LogP contribution in [0.1, 0.15) is 35.8 Å². The molecule has 0 fully saturated rings. The van der Waals surface area contributed by atoms with Crippen LogP contribution >= 0.6 is 11.3 Å². The van der Waals surface area contributed by atoms with Gasteiger partial charge >= 0.3 is 6.18 Å². The third-order valence-electron chi connectivity index (χ3n) is 4.38. The van der Waals surface area contributed by atoms with E-state index in [2.05, 4.69) is 24.9 Å². The van der Waals surface area contributed by atoms with Crippen LogP contribution in [0.5, 0.6) is 0 Å². The molecule has 1 nitrogen and oxygen atoms in total. The van der Waals surface area contributed by atoms with Crippen molar-refractivity contribution in [1.29, 1.82) is 0 Å². The number of halogens is 3. The van der Waals surface area contributed by atoms with Gasteiger partial charge in [0.25, 0.3) is 0 Å². The Morgan fingerprint density at radius 2 is 1.92 bits per heavy atom. The van der Waals surface area contributed by atoms with Crippen molar-refractivity contribution in [3.63, 3.8) is 0 Å². The third-order valence-corrected chi connectivity index (χ3v) is 5.47. The van der Waals surface area contributed by atoms with Crippen molar-refractivity contribution >= 4 is 11.3 Å². The summed E-state index contributed by atoms with van der Waals surface area (Å²) in [5, 5.41) is 5.46. The lowest BCUT2D eigenvalue weighted by molar-refractivity contribution is -0.137. The van der Waals surface area contributed by atoms with Gasteiger partial charge in [-0.3, -0.25) is 0 Å². The molecule has 2 aromatic rings. The minimum Gasteiger partial charge on any atom is -0.312 e. The second-order valence-electron chi connectivity index (χ2n) is 6.11. The zero-order valence-electron chi connectivity index (χ0n) is 15.1. The number of alkyl halides is 3. The van der Waals surface area contributed by atoms with Gasteiger partial charge in [0.15, 0.2) is 0 Å². The van der Waals surface area contributed by atoms with E-state index in [4.69, 9.17) is 0 Å². The molecule has 1 N–H and O–H groups in total. The lowest BCUT2D eigenvalue weighted by atomic mass is 10.0. The van der Waals surface area contributed by atoms with Gasteiger partial charge in [-0.15, -0.1) is 11.3 Å². The Hall–Kier alpha value is -1.85. The van der Waals surface area contributed by atoms with Gasteiger partial charge in [-0.2, -0.15) is 13.2 Å². The number of benzene rings is 1. The second kappa shape index (κ2) is 9.19. The summed E-state index contributed by atoms with van der Waals surface area (Å²) >= 11 is 1.64. The molecule has 2 rings (SSSR count). The molecule has 26 heavy (non-hydrogen) atoms. The van der Waals surface area contributed by atoms with Crippen LogP contribution in [-0.2, 0) is 12.7 Å². The Labute approximate surface area is 157 Å². The van der Waals surface area contributed by atoms with Crippen LogP contribution in [0.3, 0.4) is 0 Å². The summed E-state index contributed by atoms with van der Waals surface area (Å²) in [6.45, 7) is 9.54. The van der Waals surface area contributed by atoms with Crippen LogP contribution in [0, 0.1) is 6.92 Å². The fraction of sp³-hybridized carbons (Fsp3) is 0.333. The van der Waals surface area contributed by atoms with Crippen molar-refractivity contribution in [2.45, 2.75) is 39.4 Å². The van der Waals surface area contributed by atoms with E-state index in [1.165, 1.54) is 10.5 Å². The Morgan fingerprint density at radius 3 is 2.50 bits per heavy atom. The predicted octanol–water partition coefficient (Wildman–Crippen LogP) is 6.74. The van der Waals surface area contributed by atoms with Crippen molar-refractivity contribution in [3.05, 3.63) is 70.0 Å². The SMILES string of the molecule is C=C/C=C(\CC)CCNCc1scc(-c2ccc(C(F)(F)F)cc2)c1C. The molecule has 1 aromatic carbocycles. The van der Waals surface area contributed by atoms with E-state index in [0.29, 0.717) is 0 Å². The summed E-state index contributed by atoms with van der Waals surface area (Å²) < 4.78 is 38.1. The highest BCUT2D eigenvalue weighted by atomic mass is 32.1. The molecule has 0 aliphatic carbocycles. The molecule has 0 bridgehead atoms. The molecule has 1 aromatic heterocycles. The Kier molecular flexibility index (Phi) is 7.23. The zero-order valence-corrected chi connectivity index (χ0v) is 15.9. The largest absolute Gasteiger partial charge is 0.416 e. The first-order chi connectivity index (χ1) is 12.4. The molecular formula is C21H24F3NS. The van der Waals surface area contributed by atoms with Gasteiger partial charge in [-0.1, -0.05) is 43.4 Å². The Balaban J connectivity index is 1.99. The van der Waals surface area contributed by atoms with Crippen LogP contribution in [0.4, 0.5) is 13.2 Å². The highest BCUT2D eigenvalue weighted by Crippen LogP contribution is 2.34. The molecule has 1 heterocycles. The van der Waals surface area contributed by atoms with E-state index in [1.807, 2.05) is 18.4 Å². The quantitative estimate of drug-likeness (QED) is 0.395. The van der Waals surface area contributed by atoms with Gasteiger partial charge in [0, 0.05) is 11.4 Å². The second-order valence-corrected chi connectivity index (χ2v) is 7.08. The van der Waals surface area contributed by atoms with E-state index >= 15 is 0 Å². The molecule has 0 aliphatic rings. The molecule has 0 atom stereocenters. The first kappa shape index (κ1) is 20.5. The molecule has 5 heteroatoms. The minimum absolute atomic E-state index is 0.615. The third kappa shape index (κ3) is 5.32. The lowest BCUT2D eigenvalue weighted by Gasteiger charge is -2.08. The summed E-state index contributed by atoms with van der Waals surface area (Å²) in [6, 6.07) is 5.37.